The van der Waals surface area contributed by atoms with E-state index >= 15 is 0 Å². The molecule has 1 aromatic rings. The molecule has 0 aliphatic heterocycles. The van der Waals surface area contributed by atoms with E-state index in [0.717, 1.165) is 5.56 Å². The summed E-state index contributed by atoms with van der Waals surface area (Å²) in [6, 6.07) is 7.09. The largest absolute Gasteiger partial charge is 0.395 e. The van der Waals surface area contributed by atoms with Crippen molar-refractivity contribution in [2.24, 2.45) is 0 Å². The Kier molecular flexibility index (Phi) is 6.35. The first-order chi connectivity index (χ1) is 8.72. The predicted octanol–water partition coefficient (Wildman–Crippen LogP) is 0.260. The van der Waals surface area contributed by atoms with Crippen molar-refractivity contribution in [2.45, 2.75) is 6.61 Å². The first-order valence-electron chi connectivity index (χ1n) is 5.81. The number of nitrogens with zero attached hydrogens (tertiary/aromatic N) is 1. The summed E-state index contributed by atoms with van der Waals surface area (Å²) in [4.78, 5) is 13.5. The van der Waals surface area contributed by atoms with E-state index in [1.165, 1.54) is 4.90 Å². The van der Waals surface area contributed by atoms with E-state index in [-0.39, 0.29) is 32.2 Å². The minimum absolute atomic E-state index is 0.118. The van der Waals surface area contributed by atoms with Gasteiger partial charge >= 0.3 is 0 Å². The number of carbonyl (C=O) groups excluding carboxylic acids is 1. The van der Waals surface area contributed by atoms with Crippen molar-refractivity contribution < 1.29 is 19.7 Å². The number of rotatable bonds is 7. The number of benzene rings is 1. The monoisotopic (exact) mass is 253 g/mol. The molecule has 5 nitrogen and oxygen atoms in total. The standard InChI is InChI=1S/C13H19NO4/c1-18-10-11-2-4-12(5-3-11)13(17)14(6-8-15)7-9-16/h2-5,15-16H,6-10H2,1H3. The van der Waals surface area contributed by atoms with Crippen LogP contribution in [0.1, 0.15) is 15.9 Å². The molecule has 1 aromatic carbocycles. The molecule has 100 valence electrons. The van der Waals surface area contributed by atoms with Crippen LogP contribution in [0.2, 0.25) is 0 Å². The number of methoxy groups -OCH3 is 1. The molecule has 0 bridgehead atoms. The molecule has 0 unspecified atom stereocenters. The molecule has 0 fully saturated rings. The summed E-state index contributed by atoms with van der Waals surface area (Å²) in [5.74, 6) is -0.193. The number of aliphatic hydroxyl groups is 2. The number of amides is 1. The van der Waals surface area contributed by atoms with Gasteiger partial charge in [-0.25, -0.2) is 0 Å². The lowest BCUT2D eigenvalue weighted by atomic mass is 10.1. The molecule has 1 amide bonds. The number of hydrogen-bond donors (Lipinski definition) is 2. The predicted molar refractivity (Wildman–Crippen MR) is 67.2 cm³/mol. The Balaban J connectivity index is 2.74. The Morgan fingerprint density at radius 2 is 1.72 bits per heavy atom. The van der Waals surface area contributed by atoms with E-state index in [9.17, 15) is 4.79 Å². The highest BCUT2D eigenvalue weighted by atomic mass is 16.5. The first kappa shape index (κ1) is 14.6. The first-order valence-corrected chi connectivity index (χ1v) is 5.81. The Labute approximate surface area is 107 Å². The highest BCUT2D eigenvalue weighted by Crippen LogP contribution is 2.08. The van der Waals surface area contributed by atoms with Crippen molar-refractivity contribution in [3.8, 4) is 0 Å². The van der Waals surface area contributed by atoms with E-state index in [4.69, 9.17) is 14.9 Å². The van der Waals surface area contributed by atoms with E-state index < -0.39 is 0 Å². The maximum atomic E-state index is 12.1. The molecule has 2 N–H and O–H groups in total. The lowest BCUT2D eigenvalue weighted by molar-refractivity contribution is 0.0684. The number of ether oxygens (including phenoxy) is 1. The van der Waals surface area contributed by atoms with Crippen LogP contribution in [0.4, 0.5) is 0 Å². The molecule has 0 radical (unpaired) electrons. The average Bonchev–Trinajstić information content (AvgIpc) is 2.39. The minimum Gasteiger partial charge on any atom is -0.395 e. The summed E-state index contributed by atoms with van der Waals surface area (Å²) in [5, 5.41) is 17.8. The Morgan fingerprint density at radius 3 is 2.17 bits per heavy atom. The van der Waals surface area contributed by atoms with Gasteiger partial charge in [0.1, 0.15) is 0 Å². The van der Waals surface area contributed by atoms with E-state index in [1.807, 2.05) is 12.1 Å². The highest BCUT2D eigenvalue weighted by molar-refractivity contribution is 5.94. The SMILES string of the molecule is COCc1ccc(C(=O)N(CCO)CCO)cc1. The van der Waals surface area contributed by atoms with Crippen molar-refractivity contribution in [3.05, 3.63) is 35.4 Å². The fourth-order valence-electron chi connectivity index (χ4n) is 1.65. The van der Waals surface area contributed by atoms with E-state index in [2.05, 4.69) is 0 Å². The molecule has 5 heteroatoms. The van der Waals surface area contributed by atoms with Gasteiger partial charge in [0.15, 0.2) is 0 Å². The van der Waals surface area contributed by atoms with Gasteiger partial charge in [-0.2, -0.15) is 0 Å². The van der Waals surface area contributed by atoms with E-state index in [1.54, 1.807) is 19.2 Å². The molecule has 0 atom stereocenters. The van der Waals surface area contributed by atoms with Crippen LogP contribution >= 0.6 is 0 Å². The van der Waals surface area contributed by atoms with Crippen LogP contribution in [0.25, 0.3) is 0 Å². The smallest absolute Gasteiger partial charge is 0.254 e. The molecule has 0 aromatic heterocycles. The topological polar surface area (TPSA) is 70.0 Å². The Hall–Kier alpha value is -1.43. The van der Waals surface area contributed by atoms with Gasteiger partial charge in [-0.15, -0.1) is 0 Å². The van der Waals surface area contributed by atoms with Crippen molar-refractivity contribution in [1.29, 1.82) is 0 Å². The molecule has 0 aliphatic rings. The summed E-state index contributed by atoms with van der Waals surface area (Å²) < 4.78 is 4.99. The molecule has 18 heavy (non-hydrogen) atoms. The number of aliphatic hydroxyl groups excluding tert-OH is 2. The molecular formula is C13H19NO4. The Bertz CT molecular complexity index is 358. The van der Waals surface area contributed by atoms with Crippen LogP contribution in [0, 0.1) is 0 Å². The second kappa shape index (κ2) is 7.81. The third-order valence-electron chi connectivity index (χ3n) is 2.54. The second-order valence-electron chi connectivity index (χ2n) is 3.87. The van der Waals surface area contributed by atoms with Gasteiger partial charge in [0.2, 0.25) is 0 Å². The molecule has 0 saturated carbocycles. The molecule has 1 rings (SSSR count). The zero-order valence-electron chi connectivity index (χ0n) is 10.5. The van der Waals surface area contributed by atoms with Crippen LogP contribution in [0.15, 0.2) is 24.3 Å². The molecular weight excluding hydrogens is 234 g/mol. The average molecular weight is 253 g/mol. The van der Waals surface area contributed by atoms with Crippen molar-refractivity contribution in [2.75, 3.05) is 33.4 Å². The van der Waals surface area contributed by atoms with Crippen LogP contribution in [-0.2, 0) is 11.3 Å². The lowest BCUT2D eigenvalue weighted by Crippen LogP contribution is -2.35. The summed E-state index contributed by atoms with van der Waals surface area (Å²) in [5.41, 5.74) is 1.53. The molecule has 0 spiro atoms. The molecule has 0 saturated heterocycles. The van der Waals surface area contributed by atoms with Gasteiger partial charge in [-0.05, 0) is 17.7 Å². The van der Waals surface area contributed by atoms with Crippen molar-refractivity contribution in [1.82, 2.24) is 4.90 Å². The second-order valence-corrected chi connectivity index (χ2v) is 3.87. The lowest BCUT2D eigenvalue weighted by Gasteiger charge is -2.20. The highest BCUT2D eigenvalue weighted by Gasteiger charge is 2.14. The fourth-order valence-corrected chi connectivity index (χ4v) is 1.65. The minimum atomic E-state index is -0.193. The number of hydrogen-bond acceptors (Lipinski definition) is 4. The van der Waals surface area contributed by atoms with Gasteiger partial charge in [0.05, 0.1) is 19.8 Å². The van der Waals surface area contributed by atoms with Gasteiger partial charge in [0, 0.05) is 25.8 Å². The summed E-state index contributed by atoms with van der Waals surface area (Å²) in [6.45, 7) is 0.713. The maximum Gasteiger partial charge on any atom is 0.254 e. The zero-order chi connectivity index (χ0) is 13.4. The maximum absolute atomic E-state index is 12.1. The molecule has 0 heterocycles. The quantitative estimate of drug-likeness (QED) is 0.731. The summed E-state index contributed by atoms with van der Waals surface area (Å²) in [7, 11) is 1.61. The van der Waals surface area contributed by atoms with Crippen LogP contribution in [0.5, 0.6) is 0 Å². The van der Waals surface area contributed by atoms with Gasteiger partial charge in [-0.1, -0.05) is 12.1 Å². The Morgan fingerprint density at radius 1 is 1.17 bits per heavy atom. The summed E-state index contributed by atoms with van der Waals surface area (Å²) >= 11 is 0. The zero-order valence-corrected chi connectivity index (χ0v) is 10.5. The van der Waals surface area contributed by atoms with Crippen LogP contribution < -0.4 is 0 Å². The van der Waals surface area contributed by atoms with Crippen molar-refractivity contribution >= 4 is 5.91 Å². The summed E-state index contributed by atoms with van der Waals surface area (Å²) in [6.07, 6.45) is 0. The normalized spacial score (nSPS) is 10.4. The van der Waals surface area contributed by atoms with E-state index in [0.29, 0.717) is 12.2 Å². The third kappa shape index (κ3) is 4.10. The van der Waals surface area contributed by atoms with Gasteiger partial charge in [0.25, 0.3) is 5.91 Å². The van der Waals surface area contributed by atoms with Crippen LogP contribution in [-0.4, -0.2) is 54.4 Å². The molecule has 0 aliphatic carbocycles. The van der Waals surface area contributed by atoms with Crippen LogP contribution in [0.3, 0.4) is 0 Å². The third-order valence-corrected chi connectivity index (χ3v) is 2.54. The fraction of sp³-hybridized carbons (Fsp3) is 0.462. The van der Waals surface area contributed by atoms with Crippen molar-refractivity contribution in [3.63, 3.8) is 0 Å². The van der Waals surface area contributed by atoms with Gasteiger partial charge < -0.3 is 19.8 Å². The number of carbonyl (C=O) groups is 1. The van der Waals surface area contributed by atoms with Gasteiger partial charge in [-0.3, -0.25) is 4.79 Å².